The molecule has 0 spiro atoms. The minimum atomic E-state index is -0.987. The van der Waals surface area contributed by atoms with Crippen molar-refractivity contribution in [2.24, 2.45) is 0 Å². The Hall–Kier alpha value is -1.62. The van der Waals surface area contributed by atoms with E-state index in [-0.39, 0.29) is 17.7 Å². The van der Waals surface area contributed by atoms with Crippen LogP contribution in [-0.2, 0) is 0 Å². The first kappa shape index (κ1) is 10.9. The van der Waals surface area contributed by atoms with Crippen LogP contribution in [0.25, 0.3) is 0 Å². The number of carboxylic acids is 1. The monoisotopic (exact) mass is 222 g/mol. The number of anilines is 1. The second kappa shape index (κ2) is 4.09. The van der Waals surface area contributed by atoms with E-state index in [9.17, 15) is 9.90 Å². The Kier molecular flexibility index (Phi) is 2.78. The molecule has 1 aromatic heterocycles. The lowest BCUT2D eigenvalue weighted by Gasteiger charge is -2.41. The molecule has 2 rings (SSSR count). The Morgan fingerprint density at radius 3 is 2.62 bits per heavy atom. The minimum absolute atomic E-state index is 0.0787. The summed E-state index contributed by atoms with van der Waals surface area (Å²) in [6.07, 6.45) is 4.26. The molecule has 0 aliphatic heterocycles. The van der Waals surface area contributed by atoms with Crippen LogP contribution in [0.3, 0.4) is 0 Å². The van der Waals surface area contributed by atoms with Crippen molar-refractivity contribution in [1.82, 2.24) is 4.98 Å². The lowest BCUT2D eigenvalue weighted by Crippen LogP contribution is -2.48. The van der Waals surface area contributed by atoms with Gasteiger partial charge in [-0.05, 0) is 31.4 Å². The van der Waals surface area contributed by atoms with Crippen molar-refractivity contribution >= 4 is 11.8 Å². The number of aliphatic hydroxyl groups excluding tert-OH is 1. The molecule has 5 nitrogen and oxygen atoms in total. The maximum absolute atomic E-state index is 10.6. The third-order valence-electron chi connectivity index (χ3n) is 3.02. The molecule has 0 unspecified atom stereocenters. The van der Waals surface area contributed by atoms with Crippen molar-refractivity contribution in [2.75, 3.05) is 11.9 Å². The number of pyridine rings is 1. The van der Waals surface area contributed by atoms with Crippen LogP contribution in [0, 0.1) is 0 Å². The number of aromatic nitrogens is 1. The molecule has 1 aromatic rings. The quantitative estimate of drug-likeness (QED) is 0.710. The molecule has 1 fully saturated rings. The summed E-state index contributed by atoms with van der Waals surface area (Å²) >= 11 is 0. The maximum atomic E-state index is 10.6. The van der Waals surface area contributed by atoms with Gasteiger partial charge in [0.05, 0.1) is 17.7 Å². The Morgan fingerprint density at radius 2 is 2.25 bits per heavy atom. The lowest BCUT2D eigenvalue weighted by atomic mass is 9.77. The van der Waals surface area contributed by atoms with Crippen LogP contribution in [0.4, 0.5) is 5.82 Å². The summed E-state index contributed by atoms with van der Waals surface area (Å²) in [6, 6.07) is 3.13. The van der Waals surface area contributed by atoms with E-state index < -0.39 is 5.97 Å². The summed E-state index contributed by atoms with van der Waals surface area (Å²) in [5.74, 6) is -0.377. The molecule has 0 bridgehead atoms. The molecule has 0 saturated heterocycles. The third kappa shape index (κ3) is 1.99. The van der Waals surface area contributed by atoms with E-state index >= 15 is 0 Å². The molecular weight excluding hydrogens is 208 g/mol. The predicted molar refractivity (Wildman–Crippen MR) is 58.5 cm³/mol. The molecule has 0 aromatic carbocycles. The van der Waals surface area contributed by atoms with Crippen LogP contribution in [0.2, 0.25) is 0 Å². The van der Waals surface area contributed by atoms with Gasteiger partial charge < -0.3 is 15.5 Å². The van der Waals surface area contributed by atoms with Gasteiger partial charge in [-0.3, -0.25) is 0 Å². The van der Waals surface area contributed by atoms with Gasteiger partial charge in [0.25, 0.3) is 0 Å². The molecule has 0 atom stereocenters. The van der Waals surface area contributed by atoms with Gasteiger partial charge in [-0.15, -0.1) is 0 Å². The highest BCUT2D eigenvalue weighted by Gasteiger charge is 2.36. The van der Waals surface area contributed by atoms with Crippen molar-refractivity contribution in [3.05, 3.63) is 23.9 Å². The van der Waals surface area contributed by atoms with Gasteiger partial charge >= 0.3 is 5.97 Å². The zero-order valence-corrected chi connectivity index (χ0v) is 8.81. The Balaban J connectivity index is 2.07. The Morgan fingerprint density at radius 1 is 1.50 bits per heavy atom. The van der Waals surface area contributed by atoms with Gasteiger partial charge in [0.1, 0.15) is 5.82 Å². The van der Waals surface area contributed by atoms with E-state index in [0.29, 0.717) is 5.82 Å². The van der Waals surface area contributed by atoms with Crippen molar-refractivity contribution in [1.29, 1.82) is 0 Å². The summed E-state index contributed by atoms with van der Waals surface area (Å²) in [4.78, 5) is 14.6. The smallest absolute Gasteiger partial charge is 0.337 e. The van der Waals surface area contributed by atoms with Crippen LogP contribution < -0.4 is 5.32 Å². The molecule has 0 amide bonds. The second-order valence-corrected chi connectivity index (χ2v) is 4.15. The van der Waals surface area contributed by atoms with Crippen LogP contribution in [-0.4, -0.2) is 33.3 Å². The van der Waals surface area contributed by atoms with E-state index in [4.69, 9.17) is 5.11 Å². The molecule has 1 heterocycles. The number of aromatic carboxylic acids is 1. The fourth-order valence-electron chi connectivity index (χ4n) is 1.79. The van der Waals surface area contributed by atoms with Gasteiger partial charge in [-0.2, -0.15) is 0 Å². The normalized spacial score (nSPS) is 17.6. The standard InChI is InChI=1S/C11H14N2O3/c14-7-11(4-1-5-11)13-9-3-2-8(6-12-9)10(15)16/h2-3,6,14H,1,4-5,7H2,(H,12,13)(H,15,16). The number of hydrogen-bond donors (Lipinski definition) is 3. The molecule has 1 saturated carbocycles. The highest BCUT2D eigenvalue weighted by molar-refractivity contribution is 5.87. The number of carbonyl (C=O) groups is 1. The molecule has 16 heavy (non-hydrogen) atoms. The van der Waals surface area contributed by atoms with Crippen LogP contribution in [0.5, 0.6) is 0 Å². The molecule has 3 N–H and O–H groups in total. The predicted octanol–water partition coefficient (Wildman–Crippen LogP) is 1.11. The molecule has 5 heteroatoms. The van der Waals surface area contributed by atoms with E-state index in [1.54, 1.807) is 6.07 Å². The van der Waals surface area contributed by atoms with Gasteiger partial charge in [-0.25, -0.2) is 9.78 Å². The molecule has 86 valence electrons. The van der Waals surface area contributed by atoms with Crippen LogP contribution >= 0.6 is 0 Å². The number of nitrogens with zero attached hydrogens (tertiary/aromatic N) is 1. The van der Waals surface area contributed by atoms with Crippen molar-refractivity contribution in [3.8, 4) is 0 Å². The highest BCUT2D eigenvalue weighted by atomic mass is 16.4. The third-order valence-corrected chi connectivity index (χ3v) is 3.02. The van der Waals surface area contributed by atoms with Crippen molar-refractivity contribution in [3.63, 3.8) is 0 Å². The van der Waals surface area contributed by atoms with Crippen LogP contribution in [0.1, 0.15) is 29.6 Å². The molecular formula is C11H14N2O3. The zero-order valence-electron chi connectivity index (χ0n) is 8.81. The molecule has 0 radical (unpaired) electrons. The summed E-state index contributed by atoms with van der Waals surface area (Å²) in [6.45, 7) is 0.0787. The minimum Gasteiger partial charge on any atom is -0.478 e. The van der Waals surface area contributed by atoms with E-state index in [1.807, 2.05) is 0 Å². The summed E-state index contributed by atoms with van der Waals surface area (Å²) in [7, 11) is 0. The summed E-state index contributed by atoms with van der Waals surface area (Å²) < 4.78 is 0. The largest absolute Gasteiger partial charge is 0.478 e. The number of carboxylic acid groups (broad SMARTS) is 1. The number of aliphatic hydroxyl groups is 1. The van der Waals surface area contributed by atoms with E-state index in [0.717, 1.165) is 19.3 Å². The number of hydrogen-bond acceptors (Lipinski definition) is 4. The lowest BCUT2D eigenvalue weighted by molar-refractivity contribution is 0.0696. The molecule has 1 aliphatic rings. The number of rotatable bonds is 4. The first-order valence-electron chi connectivity index (χ1n) is 5.24. The Bertz CT molecular complexity index is 379. The summed E-state index contributed by atoms with van der Waals surface area (Å²) in [5, 5.41) is 21.1. The van der Waals surface area contributed by atoms with Gasteiger partial charge in [0.15, 0.2) is 0 Å². The van der Waals surface area contributed by atoms with Crippen LogP contribution in [0.15, 0.2) is 18.3 Å². The highest BCUT2D eigenvalue weighted by Crippen LogP contribution is 2.34. The fraction of sp³-hybridized carbons (Fsp3) is 0.455. The maximum Gasteiger partial charge on any atom is 0.337 e. The van der Waals surface area contributed by atoms with Gasteiger partial charge in [-0.1, -0.05) is 0 Å². The average Bonchev–Trinajstić information content (AvgIpc) is 2.24. The van der Waals surface area contributed by atoms with Gasteiger partial charge in [0.2, 0.25) is 0 Å². The second-order valence-electron chi connectivity index (χ2n) is 4.15. The number of nitrogens with one attached hydrogen (secondary N) is 1. The van der Waals surface area contributed by atoms with Gasteiger partial charge in [0, 0.05) is 6.20 Å². The van der Waals surface area contributed by atoms with Crippen molar-refractivity contribution < 1.29 is 15.0 Å². The van der Waals surface area contributed by atoms with E-state index in [2.05, 4.69) is 10.3 Å². The fourth-order valence-corrected chi connectivity index (χ4v) is 1.79. The SMILES string of the molecule is O=C(O)c1ccc(NC2(CO)CCC2)nc1. The molecule has 1 aliphatic carbocycles. The Labute approximate surface area is 93.1 Å². The van der Waals surface area contributed by atoms with E-state index in [1.165, 1.54) is 12.3 Å². The average molecular weight is 222 g/mol. The topological polar surface area (TPSA) is 82.5 Å². The zero-order chi connectivity index (χ0) is 11.6. The first-order chi connectivity index (χ1) is 7.65. The first-order valence-corrected chi connectivity index (χ1v) is 5.24. The summed E-state index contributed by atoms with van der Waals surface area (Å²) in [5.41, 5.74) is -0.0882. The van der Waals surface area contributed by atoms with Crippen molar-refractivity contribution in [2.45, 2.75) is 24.8 Å².